The minimum atomic E-state index is 0.251. The van der Waals surface area contributed by atoms with Crippen LogP contribution in [-0.2, 0) is 4.74 Å². The first-order chi connectivity index (χ1) is 13.2. The summed E-state index contributed by atoms with van der Waals surface area (Å²) in [4.78, 5) is 6.88. The molecule has 0 radical (unpaired) electrons. The predicted octanol–water partition coefficient (Wildman–Crippen LogP) is 2.04. The number of morpholine rings is 1. The molecule has 0 spiro atoms. The zero-order valence-electron chi connectivity index (χ0n) is 15.2. The fourth-order valence-electron chi connectivity index (χ4n) is 3.57. The number of nitrogens with one attached hydrogen (secondary N) is 2. The van der Waals surface area contributed by atoms with Gasteiger partial charge in [0.05, 0.1) is 37.2 Å². The second kappa shape index (κ2) is 6.20. The molecule has 138 valence electrons. The Morgan fingerprint density at radius 2 is 2.11 bits per heavy atom. The van der Waals surface area contributed by atoms with E-state index in [9.17, 15) is 0 Å². The van der Waals surface area contributed by atoms with Crippen LogP contribution in [0.5, 0.6) is 0 Å². The molecule has 2 N–H and O–H groups in total. The van der Waals surface area contributed by atoms with Crippen LogP contribution in [0, 0.1) is 6.92 Å². The first-order valence-corrected chi connectivity index (χ1v) is 8.95. The maximum Gasteiger partial charge on any atom is 0.179 e. The van der Waals surface area contributed by atoms with Crippen LogP contribution in [0.15, 0.2) is 30.7 Å². The van der Waals surface area contributed by atoms with E-state index in [0.29, 0.717) is 13.2 Å². The number of aryl methyl sites for hydroxylation is 1. The molecule has 0 aliphatic carbocycles. The van der Waals surface area contributed by atoms with Gasteiger partial charge in [0.15, 0.2) is 11.6 Å². The summed E-state index contributed by atoms with van der Waals surface area (Å²) < 4.78 is 7.48. The quantitative estimate of drug-likeness (QED) is 0.577. The van der Waals surface area contributed by atoms with E-state index in [1.54, 1.807) is 6.20 Å². The monoisotopic (exact) mass is 364 g/mol. The fourth-order valence-corrected chi connectivity index (χ4v) is 3.57. The van der Waals surface area contributed by atoms with Crippen LogP contribution in [0.4, 0.5) is 5.82 Å². The van der Waals surface area contributed by atoms with Gasteiger partial charge in [-0.1, -0.05) is 0 Å². The number of imidazole rings is 1. The van der Waals surface area contributed by atoms with Crippen molar-refractivity contribution in [1.82, 2.24) is 35.0 Å². The highest BCUT2D eigenvalue weighted by Crippen LogP contribution is 2.32. The van der Waals surface area contributed by atoms with Gasteiger partial charge in [0.1, 0.15) is 5.69 Å². The molecule has 4 aromatic rings. The molecular formula is C18H20N8O. The van der Waals surface area contributed by atoms with Gasteiger partial charge in [0, 0.05) is 29.6 Å². The van der Waals surface area contributed by atoms with E-state index < -0.39 is 0 Å². The topological polar surface area (TPSA) is 100 Å². The standard InChI is InChI=1S/C18H20N8O/c1-11-10-27-6-5-25(11)17-7-13(14-8-21-22-12(14)2)16-9-19-18(26(16)24-17)15-3-4-20-23-15/h3-4,7-9,11H,5-6,10H2,1-2H3,(H,20,23)(H,21,22). The Bertz CT molecular complexity index is 1080. The average Bonchev–Trinajstić information content (AvgIpc) is 3.41. The third-order valence-electron chi connectivity index (χ3n) is 5.01. The lowest BCUT2D eigenvalue weighted by molar-refractivity contribution is 0.0984. The molecule has 1 saturated heterocycles. The Morgan fingerprint density at radius 3 is 2.85 bits per heavy atom. The van der Waals surface area contributed by atoms with E-state index in [4.69, 9.17) is 9.84 Å². The Morgan fingerprint density at radius 1 is 1.19 bits per heavy atom. The van der Waals surface area contributed by atoms with Crippen molar-refractivity contribution in [3.63, 3.8) is 0 Å². The third-order valence-corrected chi connectivity index (χ3v) is 5.01. The van der Waals surface area contributed by atoms with Crippen LogP contribution >= 0.6 is 0 Å². The molecule has 0 amide bonds. The van der Waals surface area contributed by atoms with Gasteiger partial charge in [0.25, 0.3) is 0 Å². The SMILES string of the molecule is Cc1[nH]ncc1-c1cc(N2CCOCC2C)nn2c(-c3ccn[nH]3)ncc12. The number of aromatic amines is 2. The highest BCUT2D eigenvalue weighted by Gasteiger charge is 2.24. The van der Waals surface area contributed by atoms with E-state index in [0.717, 1.165) is 46.2 Å². The molecule has 1 aliphatic rings. The smallest absolute Gasteiger partial charge is 0.179 e. The van der Waals surface area contributed by atoms with Gasteiger partial charge >= 0.3 is 0 Å². The first-order valence-electron chi connectivity index (χ1n) is 8.95. The van der Waals surface area contributed by atoms with Crippen molar-refractivity contribution in [2.45, 2.75) is 19.9 Å². The van der Waals surface area contributed by atoms with Crippen molar-refractivity contribution in [3.8, 4) is 22.6 Å². The van der Waals surface area contributed by atoms with Crippen LogP contribution in [0.1, 0.15) is 12.6 Å². The van der Waals surface area contributed by atoms with E-state index in [-0.39, 0.29) is 6.04 Å². The third kappa shape index (κ3) is 2.58. The number of anilines is 1. The molecule has 5 heterocycles. The molecule has 4 aromatic heterocycles. The van der Waals surface area contributed by atoms with E-state index in [1.165, 1.54) is 0 Å². The Balaban J connectivity index is 1.76. The summed E-state index contributed by atoms with van der Waals surface area (Å²) in [6.07, 6.45) is 5.41. The summed E-state index contributed by atoms with van der Waals surface area (Å²) in [5, 5.41) is 19.2. The van der Waals surface area contributed by atoms with Crippen molar-refractivity contribution < 1.29 is 4.74 Å². The summed E-state index contributed by atoms with van der Waals surface area (Å²) in [6, 6.07) is 4.26. The number of ether oxygens (including phenoxy) is 1. The van der Waals surface area contributed by atoms with Crippen LogP contribution in [0.3, 0.4) is 0 Å². The van der Waals surface area contributed by atoms with Gasteiger partial charge in [0.2, 0.25) is 0 Å². The molecular weight excluding hydrogens is 344 g/mol. The van der Waals surface area contributed by atoms with E-state index in [2.05, 4.69) is 43.3 Å². The second-order valence-electron chi connectivity index (χ2n) is 6.79. The zero-order chi connectivity index (χ0) is 18.4. The second-order valence-corrected chi connectivity index (χ2v) is 6.79. The summed E-state index contributed by atoms with van der Waals surface area (Å²) in [5.41, 5.74) is 4.84. The normalized spacial score (nSPS) is 17.7. The highest BCUT2D eigenvalue weighted by molar-refractivity contribution is 5.83. The zero-order valence-corrected chi connectivity index (χ0v) is 15.2. The number of aromatic nitrogens is 7. The largest absolute Gasteiger partial charge is 0.377 e. The van der Waals surface area contributed by atoms with Crippen molar-refractivity contribution in [3.05, 3.63) is 36.4 Å². The maximum absolute atomic E-state index is 5.59. The molecule has 1 fully saturated rings. The molecule has 9 heteroatoms. The Hall–Kier alpha value is -3.20. The summed E-state index contributed by atoms with van der Waals surface area (Å²) in [6.45, 7) is 6.36. The summed E-state index contributed by atoms with van der Waals surface area (Å²) >= 11 is 0. The summed E-state index contributed by atoms with van der Waals surface area (Å²) in [7, 11) is 0. The van der Waals surface area contributed by atoms with Crippen molar-refractivity contribution in [2.24, 2.45) is 0 Å². The number of fused-ring (bicyclic) bond motifs is 1. The van der Waals surface area contributed by atoms with Crippen LogP contribution in [0.2, 0.25) is 0 Å². The Kier molecular flexibility index (Phi) is 3.68. The Labute approximate surface area is 155 Å². The van der Waals surface area contributed by atoms with Crippen molar-refractivity contribution in [2.75, 3.05) is 24.7 Å². The number of hydrogen-bond donors (Lipinski definition) is 2. The summed E-state index contributed by atoms with van der Waals surface area (Å²) in [5.74, 6) is 1.63. The molecule has 1 unspecified atom stereocenters. The van der Waals surface area contributed by atoms with Gasteiger partial charge in [-0.2, -0.15) is 10.2 Å². The fraction of sp³-hybridized carbons (Fsp3) is 0.333. The van der Waals surface area contributed by atoms with Crippen LogP contribution in [-0.4, -0.2) is 60.8 Å². The first kappa shape index (κ1) is 16.0. The number of hydrogen-bond acceptors (Lipinski definition) is 6. The van der Waals surface area contributed by atoms with Gasteiger partial charge in [-0.15, -0.1) is 5.10 Å². The van der Waals surface area contributed by atoms with Crippen LogP contribution in [0.25, 0.3) is 28.2 Å². The number of rotatable bonds is 3. The molecule has 1 atom stereocenters. The van der Waals surface area contributed by atoms with Gasteiger partial charge in [-0.3, -0.25) is 10.2 Å². The average molecular weight is 364 g/mol. The molecule has 1 aliphatic heterocycles. The molecule has 0 saturated carbocycles. The minimum Gasteiger partial charge on any atom is -0.377 e. The van der Waals surface area contributed by atoms with Crippen LogP contribution < -0.4 is 4.90 Å². The molecule has 27 heavy (non-hydrogen) atoms. The van der Waals surface area contributed by atoms with E-state index in [1.807, 2.05) is 29.9 Å². The van der Waals surface area contributed by atoms with Crippen molar-refractivity contribution in [1.29, 1.82) is 0 Å². The molecule has 5 rings (SSSR count). The number of H-pyrrole nitrogens is 2. The van der Waals surface area contributed by atoms with Gasteiger partial charge in [-0.05, 0) is 26.0 Å². The van der Waals surface area contributed by atoms with E-state index >= 15 is 0 Å². The highest BCUT2D eigenvalue weighted by atomic mass is 16.5. The lowest BCUT2D eigenvalue weighted by atomic mass is 10.1. The maximum atomic E-state index is 5.59. The molecule has 0 aromatic carbocycles. The van der Waals surface area contributed by atoms with Crippen molar-refractivity contribution >= 4 is 11.3 Å². The lowest BCUT2D eigenvalue weighted by Gasteiger charge is -2.34. The molecule has 0 bridgehead atoms. The lowest BCUT2D eigenvalue weighted by Crippen LogP contribution is -2.44. The number of nitrogens with zero attached hydrogens (tertiary/aromatic N) is 6. The molecule has 9 nitrogen and oxygen atoms in total. The predicted molar refractivity (Wildman–Crippen MR) is 101 cm³/mol. The minimum absolute atomic E-state index is 0.251. The van der Waals surface area contributed by atoms with Gasteiger partial charge in [-0.25, -0.2) is 9.50 Å². The van der Waals surface area contributed by atoms with Gasteiger partial charge < -0.3 is 9.64 Å².